The predicted octanol–water partition coefficient (Wildman–Crippen LogP) is 1.11. The number of nitrogens with one attached hydrogen (secondary N) is 2. The molecule has 0 aromatic carbocycles. The molecule has 0 saturated carbocycles. The van der Waals surface area contributed by atoms with E-state index in [0.29, 0.717) is 13.2 Å². The minimum Gasteiger partial charge on any atom is -0.368 e. The van der Waals surface area contributed by atoms with Crippen molar-refractivity contribution in [1.29, 1.82) is 0 Å². The molecule has 0 saturated heterocycles. The van der Waals surface area contributed by atoms with Crippen LogP contribution < -0.4 is 10.6 Å². The third-order valence-corrected chi connectivity index (χ3v) is 2.13. The molecule has 0 aromatic rings. The second-order valence-electron chi connectivity index (χ2n) is 3.53. The highest BCUT2D eigenvalue weighted by molar-refractivity contribution is 5.85. The van der Waals surface area contributed by atoms with Crippen molar-refractivity contribution in [1.82, 2.24) is 10.6 Å². The van der Waals surface area contributed by atoms with Gasteiger partial charge in [-0.25, -0.2) is 0 Å². The Labute approximate surface area is 104 Å². The van der Waals surface area contributed by atoms with E-state index in [1.165, 1.54) is 0 Å². The molecule has 0 radical (unpaired) electrons. The molecule has 4 nitrogen and oxygen atoms in total. The highest BCUT2D eigenvalue weighted by atomic mass is 35.5. The van der Waals surface area contributed by atoms with Crippen LogP contribution >= 0.6 is 12.4 Å². The number of carbonyl (C=O) groups is 1. The lowest BCUT2D eigenvalue weighted by atomic mass is 10.3. The summed E-state index contributed by atoms with van der Waals surface area (Å²) < 4.78 is 5.31. The summed E-state index contributed by atoms with van der Waals surface area (Å²) >= 11 is 0. The first-order valence-electron chi connectivity index (χ1n) is 5.29. The Balaban J connectivity index is 0. The molecule has 0 heterocycles. The van der Waals surface area contributed by atoms with E-state index in [1.807, 2.05) is 14.0 Å². The fourth-order valence-corrected chi connectivity index (χ4v) is 0.903. The Kier molecular flexibility index (Phi) is 12.2. The van der Waals surface area contributed by atoms with E-state index < -0.39 is 6.10 Å². The van der Waals surface area contributed by atoms with Gasteiger partial charge in [-0.15, -0.1) is 19.0 Å². The van der Waals surface area contributed by atoms with Gasteiger partial charge in [-0.05, 0) is 27.3 Å². The van der Waals surface area contributed by atoms with Crippen LogP contribution in [0.1, 0.15) is 20.3 Å². The molecule has 2 atom stereocenters. The summed E-state index contributed by atoms with van der Waals surface area (Å²) in [6.07, 6.45) is 2.15. The summed E-state index contributed by atoms with van der Waals surface area (Å²) in [7, 11) is 1.86. The maximum Gasteiger partial charge on any atom is 0.248 e. The number of amides is 1. The van der Waals surface area contributed by atoms with E-state index in [2.05, 4.69) is 17.2 Å². The smallest absolute Gasteiger partial charge is 0.248 e. The fraction of sp³-hybridized carbons (Fsp3) is 0.727. The maximum absolute atomic E-state index is 11.5. The van der Waals surface area contributed by atoms with E-state index in [0.717, 1.165) is 6.42 Å². The van der Waals surface area contributed by atoms with Gasteiger partial charge in [-0.2, -0.15) is 0 Å². The Morgan fingerprint density at radius 3 is 2.62 bits per heavy atom. The molecule has 0 spiro atoms. The Bertz CT molecular complexity index is 200. The molecular formula is C11H23ClN2O2. The molecule has 96 valence electrons. The van der Waals surface area contributed by atoms with Crippen molar-refractivity contribution in [3.05, 3.63) is 12.7 Å². The third-order valence-electron chi connectivity index (χ3n) is 2.13. The first-order chi connectivity index (χ1) is 7.11. The van der Waals surface area contributed by atoms with E-state index in [-0.39, 0.29) is 24.4 Å². The third kappa shape index (κ3) is 8.71. The highest BCUT2D eigenvalue weighted by Gasteiger charge is 2.12. The Hall–Kier alpha value is -0.580. The van der Waals surface area contributed by atoms with Gasteiger partial charge in [0.1, 0.15) is 6.10 Å². The van der Waals surface area contributed by atoms with E-state index in [4.69, 9.17) is 4.74 Å². The Morgan fingerprint density at radius 1 is 1.50 bits per heavy atom. The van der Waals surface area contributed by atoms with Gasteiger partial charge < -0.3 is 15.4 Å². The molecule has 5 heteroatoms. The van der Waals surface area contributed by atoms with Crippen molar-refractivity contribution in [2.75, 3.05) is 20.2 Å². The second kappa shape index (κ2) is 10.9. The van der Waals surface area contributed by atoms with Gasteiger partial charge >= 0.3 is 0 Å². The molecule has 2 unspecified atom stereocenters. The first kappa shape index (κ1) is 17.8. The SMILES string of the molecule is C=CCCOC(C)C(=O)NCC(C)NC.Cl. The van der Waals surface area contributed by atoms with Crippen LogP contribution in [0, 0.1) is 0 Å². The summed E-state index contributed by atoms with van der Waals surface area (Å²) in [6, 6.07) is 0.273. The monoisotopic (exact) mass is 250 g/mol. The van der Waals surface area contributed by atoms with Crippen molar-refractivity contribution >= 4 is 18.3 Å². The van der Waals surface area contributed by atoms with Gasteiger partial charge in [0.05, 0.1) is 6.61 Å². The van der Waals surface area contributed by atoms with Gasteiger partial charge in [-0.1, -0.05) is 6.08 Å². The lowest BCUT2D eigenvalue weighted by Crippen LogP contribution is -2.41. The zero-order valence-electron chi connectivity index (χ0n) is 10.3. The number of halogens is 1. The zero-order valence-corrected chi connectivity index (χ0v) is 11.1. The number of rotatable bonds is 8. The quantitative estimate of drug-likeness (QED) is 0.501. The largest absolute Gasteiger partial charge is 0.368 e. The van der Waals surface area contributed by atoms with Crippen molar-refractivity contribution in [2.24, 2.45) is 0 Å². The number of hydrogen-bond acceptors (Lipinski definition) is 3. The molecule has 1 amide bonds. The normalized spacial score (nSPS) is 13.4. The molecule has 0 aromatic heterocycles. The van der Waals surface area contributed by atoms with E-state index in [1.54, 1.807) is 13.0 Å². The fourth-order valence-electron chi connectivity index (χ4n) is 0.903. The first-order valence-corrected chi connectivity index (χ1v) is 5.29. The van der Waals surface area contributed by atoms with Gasteiger partial charge in [-0.3, -0.25) is 4.79 Å². The van der Waals surface area contributed by atoms with Crippen molar-refractivity contribution in [2.45, 2.75) is 32.4 Å². The minimum absolute atomic E-state index is 0. The molecule has 0 bridgehead atoms. The molecule has 0 aliphatic heterocycles. The van der Waals surface area contributed by atoms with Crippen LogP contribution in [0.2, 0.25) is 0 Å². The molecule has 0 fully saturated rings. The zero-order chi connectivity index (χ0) is 11.7. The standard InChI is InChI=1S/C11H22N2O2.ClH/c1-5-6-7-15-10(3)11(14)13-8-9(2)12-4;/h5,9-10,12H,1,6-8H2,2-4H3,(H,13,14);1H. The van der Waals surface area contributed by atoms with Crippen molar-refractivity contribution in [3.63, 3.8) is 0 Å². The van der Waals surface area contributed by atoms with E-state index >= 15 is 0 Å². The average Bonchev–Trinajstić information content (AvgIpc) is 2.25. The Morgan fingerprint density at radius 2 is 2.12 bits per heavy atom. The van der Waals surface area contributed by atoms with Crippen molar-refractivity contribution in [3.8, 4) is 0 Å². The van der Waals surface area contributed by atoms with Crippen LogP contribution in [0.5, 0.6) is 0 Å². The second-order valence-corrected chi connectivity index (χ2v) is 3.53. The van der Waals surface area contributed by atoms with Gasteiger partial charge in [0.15, 0.2) is 0 Å². The summed E-state index contributed by atoms with van der Waals surface area (Å²) in [5, 5.41) is 5.85. The number of ether oxygens (including phenoxy) is 1. The van der Waals surface area contributed by atoms with Crippen LogP contribution in [0.15, 0.2) is 12.7 Å². The summed E-state index contributed by atoms with van der Waals surface area (Å²) in [6.45, 7) is 8.50. The topological polar surface area (TPSA) is 50.4 Å². The highest BCUT2D eigenvalue weighted by Crippen LogP contribution is 1.93. The number of likely N-dealkylation sites (N-methyl/N-ethyl adjacent to an activating group) is 1. The van der Waals surface area contributed by atoms with Crippen LogP contribution in [-0.2, 0) is 9.53 Å². The minimum atomic E-state index is -0.394. The van der Waals surface area contributed by atoms with Crippen LogP contribution in [-0.4, -0.2) is 38.3 Å². The van der Waals surface area contributed by atoms with Crippen LogP contribution in [0.4, 0.5) is 0 Å². The summed E-state index contributed by atoms with van der Waals surface area (Å²) in [5.41, 5.74) is 0. The lowest BCUT2D eigenvalue weighted by Gasteiger charge is -2.15. The molecule has 16 heavy (non-hydrogen) atoms. The number of carbonyl (C=O) groups excluding carboxylic acids is 1. The van der Waals surface area contributed by atoms with Gasteiger partial charge in [0.25, 0.3) is 0 Å². The van der Waals surface area contributed by atoms with Gasteiger partial charge in [0.2, 0.25) is 5.91 Å². The maximum atomic E-state index is 11.5. The van der Waals surface area contributed by atoms with E-state index in [9.17, 15) is 4.79 Å². The predicted molar refractivity (Wildman–Crippen MR) is 69.0 cm³/mol. The van der Waals surface area contributed by atoms with Crippen LogP contribution in [0.25, 0.3) is 0 Å². The molecule has 2 N–H and O–H groups in total. The average molecular weight is 251 g/mol. The summed E-state index contributed by atoms with van der Waals surface area (Å²) in [4.78, 5) is 11.5. The lowest BCUT2D eigenvalue weighted by molar-refractivity contribution is -0.131. The van der Waals surface area contributed by atoms with Crippen molar-refractivity contribution < 1.29 is 9.53 Å². The molecule has 0 aliphatic rings. The molecular weight excluding hydrogens is 228 g/mol. The molecule has 0 rings (SSSR count). The van der Waals surface area contributed by atoms with Crippen LogP contribution in [0.3, 0.4) is 0 Å². The number of hydrogen-bond donors (Lipinski definition) is 2. The van der Waals surface area contributed by atoms with Gasteiger partial charge in [0, 0.05) is 12.6 Å². The molecule has 0 aliphatic carbocycles. The summed E-state index contributed by atoms with van der Waals surface area (Å²) in [5.74, 6) is -0.0684.